The Labute approximate surface area is 327 Å². The molecule has 6 nitrogen and oxygen atoms in total. The maximum Gasteiger partial charge on any atom is 0.137 e. The zero-order valence-electron chi connectivity index (χ0n) is 30.8. The first-order chi connectivity index (χ1) is 28.2. The maximum atomic E-state index is 6.61. The fourth-order valence-corrected chi connectivity index (χ4v) is 9.05. The van der Waals surface area contributed by atoms with E-state index in [4.69, 9.17) is 8.83 Å². The van der Waals surface area contributed by atoms with Crippen molar-refractivity contribution in [2.45, 2.75) is 18.5 Å². The molecule has 0 radical (unpaired) electrons. The summed E-state index contributed by atoms with van der Waals surface area (Å²) in [7, 11) is 0. The summed E-state index contributed by atoms with van der Waals surface area (Å²) < 4.78 is 15.5. The average Bonchev–Trinajstić information content (AvgIpc) is 3.95. The van der Waals surface area contributed by atoms with Gasteiger partial charge in [-0.25, -0.2) is 0 Å². The van der Waals surface area contributed by atoms with Crippen molar-refractivity contribution >= 4 is 65.7 Å². The summed E-state index contributed by atoms with van der Waals surface area (Å²) in [4.78, 5) is 0. The lowest BCUT2D eigenvalue weighted by atomic mass is 9.97. The first-order valence-electron chi connectivity index (χ1n) is 19.5. The number of hydrogen-bond acceptors (Lipinski definition) is 5. The predicted molar refractivity (Wildman–Crippen MR) is 231 cm³/mol. The van der Waals surface area contributed by atoms with Crippen LogP contribution in [0, 0.1) is 0 Å². The highest BCUT2D eigenvalue weighted by molar-refractivity contribution is 6.15. The van der Waals surface area contributed by atoms with Gasteiger partial charge in [0.2, 0.25) is 0 Å². The zero-order chi connectivity index (χ0) is 37.5. The Morgan fingerprint density at radius 2 is 0.965 bits per heavy atom. The average molecular weight is 737 g/mol. The van der Waals surface area contributed by atoms with Crippen molar-refractivity contribution in [3.8, 4) is 16.8 Å². The third-order valence-electron chi connectivity index (χ3n) is 11.7. The van der Waals surface area contributed by atoms with E-state index in [-0.39, 0.29) is 18.5 Å². The number of furan rings is 2. The lowest BCUT2D eigenvalue weighted by Crippen LogP contribution is -2.54. The van der Waals surface area contributed by atoms with E-state index >= 15 is 0 Å². The van der Waals surface area contributed by atoms with Crippen LogP contribution in [0.2, 0.25) is 0 Å². The Balaban J connectivity index is 0.923. The fourth-order valence-electron chi connectivity index (χ4n) is 9.05. The minimum absolute atomic E-state index is 0.0430. The standard InChI is InChI=1S/C51H36N4O2/c1-3-12-31(13-4-1)49-52-50(32-14-5-2-6-15-32)54-51(53-49)34-22-25-39-41-28-33(23-27-44(41)56-46(39)29-34)36-18-11-21-45-48(36)40-26-24-35(30-47(40)57-45)55-42-19-9-7-16-37(42)38-17-8-10-20-43(38)55/h1-30,49-54H. The summed E-state index contributed by atoms with van der Waals surface area (Å²) in [6, 6.07) is 64.4. The number of nitrogens with zero attached hydrogens (tertiary/aromatic N) is 1. The predicted octanol–water partition coefficient (Wildman–Crippen LogP) is 12.4. The smallest absolute Gasteiger partial charge is 0.137 e. The molecule has 1 saturated heterocycles. The van der Waals surface area contributed by atoms with Gasteiger partial charge in [-0.2, -0.15) is 0 Å². The van der Waals surface area contributed by atoms with Crippen LogP contribution in [0.4, 0.5) is 0 Å². The van der Waals surface area contributed by atoms with Gasteiger partial charge < -0.3 is 13.4 Å². The molecule has 6 heteroatoms. The molecule has 57 heavy (non-hydrogen) atoms. The Morgan fingerprint density at radius 3 is 1.67 bits per heavy atom. The van der Waals surface area contributed by atoms with E-state index in [0.29, 0.717) is 0 Å². The van der Waals surface area contributed by atoms with Crippen molar-refractivity contribution in [2.24, 2.45) is 0 Å². The minimum Gasteiger partial charge on any atom is -0.456 e. The second-order valence-corrected chi connectivity index (χ2v) is 15.0. The molecule has 0 saturated carbocycles. The second-order valence-electron chi connectivity index (χ2n) is 15.0. The summed E-state index contributed by atoms with van der Waals surface area (Å²) in [5.41, 5.74) is 12.6. The van der Waals surface area contributed by atoms with Gasteiger partial charge in [-0.1, -0.05) is 127 Å². The third-order valence-corrected chi connectivity index (χ3v) is 11.7. The van der Waals surface area contributed by atoms with Gasteiger partial charge >= 0.3 is 0 Å². The van der Waals surface area contributed by atoms with Crippen molar-refractivity contribution in [3.63, 3.8) is 0 Å². The molecule has 11 aromatic rings. The monoisotopic (exact) mass is 736 g/mol. The van der Waals surface area contributed by atoms with E-state index in [1.54, 1.807) is 0 Å². The zero-order valence-corrected chi connectivity index (χ0v) is 30.8. The van der Waals surface area contributed by atoms with E-state index in [1.807, 2.05) is 0 Å². The number of aromatic nitrogens is 1. The molecule has 4 heterocycles. The van der Waals surface area contributed by atoms with Gasteiger partial charge in [0.05, 0.1) is 29.5 Å². The van der Waals surface area contributed by atoms with Crippen LogP contribution in [0.5, 0.6) is 0 Å². The quantitative estimate of drug-likeness (QED) is 0.164. The van der Waals surface area contributed by atoms with E-state index in [2.05, 4.69) is 203 Å². The highest BCUT2D eigenvalue weighted by atomic mass is 16.3. The number of rotatable bonds is 5. The molecule has 3 aromatic heterocycles. The molecule has 0 bridgehead atoms. The van der Waals surface area contributed by atoms with Crippen LogP contribution in [-0.2, 0) is 0 Å². The molecule has 1 fully saturated rings. The molecular weight excluding hydrogens is 701 g/mol. The normalized spacial score (nSPS) is 17.4. The second kappa shape index (κ2) is 12.8. The first kappa shape index (κ1) is 32.3. The Bertz CT molecular complexity index is 3210. The van der Waals surface area contributed by atoms with Gasteiger partial charge in [0, 0.05) is 44.1 Å². The van der Waals surface area contributed by atoms with E-state index in [0.717, 1.165) is 66.3 Å². The summed E-state index contributed by atoms with van der Waals surface area (Å²) in [6.45, 7) is 0. The van der Waals surface area contributed by atoms with Gasteiger partial charge in [-0.05, 0) is 76.3 Å². The first-order valence-corrected chi connectivity index (χ1v) is 19.5. The van der Waals surface area contributed by atoms with Crippen molar-refractivity contribution in [1.29, 1.82) is 0 Å². The van der Waals surface area contributed by atoms with Gasteiger partial charge in [0.1, 0.15) is 22.3 Å². The van der Waals surface area contributed by atoms with E-state index in [1.165, 1.54) is 32.9 Å². The van der Waals surface area contributed by atoms with Crippen LogP contribution < -0.4 is 16.0 Å². The molecule has 2 unspecified atom stereocenters. The van der Waals surface area contributed by atoms with E-state index < -0.39 is 0 Å². The lowest BCUT2D eigenvalue weighted by molar-refractivity contribution is 0.203. The number of benzene rings is 8. The molecule has 12 rings (SSSR count). The van der Waals surface area contributed by atoms with Crippen LogP contribution in [0.3, 0.4) is 0 Å². The van der Waals surface area contributed by atoms with Crippen LogP contribution in [-0.4, -0.2) is 4.57 Å². The van der Waals surface area contributed by atoms with Crippen LogP contribution >= 0.6 is 0 Å². The van der Waals surface area contributed by atoms with Crippen LogP contribution in [0.1, 0.15) is 35.2 Å². The largest absolute Gasteiger partial charge is 0.456 e. The summed E-state index contributed by atoms with van der Waals surface area (Å²) in [5, 5.41) is 18.2. The Hall–Kier alpha value is -6.96. The van der Waals surface area contributed by atoms with Crippen molar-refractivity contribution in [2.75, 3.05) is 0 Å². The Morgan fingerprint density at radius 1 is 0.368 bits per heavy atom. The summed E-state index contributed by atoms with van der Waals surface area (Å²) in [6.07, 6.45) is -0.200. The minimum atomic E-state index is -0.114. The molecule has 8 aromatic carbocycles. The molecule has 272 valence electrons. The van der Waals surface area contributed by atoms with Crippen molar-refractivity contribution in [3.05, 3.63) is 199 Å². The van der Waals surface area contributed by atoms with Gasteiger partial charge in [-0.3, -0.25) is 16.0 Å². The lowest BCUT2D eigenvalue weighted by Gasteiger charge is -2.39. The molecule has 2 atom stereocenters. The SMILES string of the molecule is c1ccc(C2NC(c3ccccc3)NC(c3ccc4c(c3)oc3ccc(-c5cccc6oc7cc(-n8c9ccccc9c9ccccc98)ccc7c56)cc34)N2)cc1. The molecule has 0 amide bonds. The highest BCUT2D eigenvalue weighted by Gasteiger charge is 2.30. The molecule has 0 aliphatic carbocycles. The number of fused-ring (bicyclic) bond motifs is 9. The summed E-state index contributed by atoms with van der Waals surface area (Å²) in [5.74, 6) is 0. The number of hydrogen-bond donors (Lipinski definition) is 3. The van der Waals surface area contributed by atoms with Crippen molar-refractivity contribution in [1.82, 2.24) is 20.5 Å². The molecule has 3 N–H and O–H groups in total. The van der Waals surface area contributed by atoms with Gasteiger partial charge in [-0.15, -0.1) is 0 Å². The summed E-state index contributed by atoms with van der Waals surface area (Å²) >= 11 is 0. The van der Waals surface area contributed by atoms with E-state index in [9.17, 15) is 0 Å². The molecule has 1 aliphatic rings. The fraction of sp³-hybridized carbons (Fsp3) is 0.0588. The molecule has 1 aliphatic heterocycles. The number of para-hydroxylation sites is 2. The van der Waals surface area contributed by atoms with Crippen molar-refractivity contribution < 1.29 is 8.83 Å². The van der Waals surface area contributed by atoms with Gasteiger partial charge in [0.15, 0.2) is 0 Å². The Kier molecular flexibility index (Phi) is 7.25. The maximum absolute atomic E-state index is 6.61. The van der Waals surface area contributed by atoms with Crippen LogP contribution in [0.25, 0.3) is 82.5 Å². The highest BCUT2D eigenvalue weighted by Crippen LogP contribution is 2.41. The molecular formula is C51H36N4O2. The number of nitrogens with one attached hydrogen (secondary N) is 3. The van der Waals surface area contributed by atoms with Gasteiger partial charge in [0.25, 0.3) is 0 Å². The topological polar surface area (TPSA) is 67.3 Å². The van der Waals surface area contributed by atoms with Crippen LogP contribution in [0.15, 0.2) is 191 Å². The third kappa shape index (κ3) is 5.23. The molecule has 0 spiro atoms.